The summed E-state index contributed by atoms with van der Waals surface area (Å²) in [5.74, 6) is 0. The second kappa shape index (κ2) is 6.92. The van der Waals surface area contributed by atoms with Gasteiger partial charge in [0.15, 0.2) is 5.03 Å². The van der Waals surface area contributed by atoms with Gasteiger partial charge in [0.25, 0.3) is 10.0 Å². The van der Waals surface area contributed by atoms with Crippen LogP contribution in [-0.2, 0) is 22.4 Å². The zero-order valence-corrected chi connectivity index (χ0v) is 14.7. The molecule has 0 radical (unpaired) electrons. The molecule has 1 aromatic carbocycles. The lowest BCUT2D eigenvalue weighted by molar-refractivity contribution is -0.140. The summed E-state index contributed by atoms with van der Waals surface area (Å²) in [6.45, 7) is 0.192. The summed E-state index contributed by atoms with van der Waals surface area (Å²) in [7, 11) is -4.52. The van der Waals surface area contributed by atoms with Crippen molar-refractivity contribution in [2.24, 2.45) is 0 Å². The quantitative estimate of drug-likeness (QED) is 0.764. The first-order valence-electron chi connectivity index (χ1n) is 7.85. The maximum Gasteiger partial charge on any atom is 0.419 e. The molecule has 0 saturated carbocycles. The molecular formula is C16H13F6N3O2S. The summed E-state index contributed by atoms with van der Waals surface area (Å²) >= 11 is 0. The monoisotopic (exact) mass is 425 g/mol. The maximum atomic E-state index is 13.0. The van der Waals surface area contributed by atoms with Gasteiger partial charge in [0.1, 0.15) is 0 Å². The third-order valence-electron chi connectivity index (χ3n) is 4.09. The van der Waals surface area contributed by atoms with Gasteiger partial charge in [0.2, 0.25) is 0 Å². The summed E-state index contributed by atoms with van der Waals surface area (Å²) < 4.78 is 103. The van der Waals surface area contributed by atoms with Crippen molar-refractivity contribution in [3.05, 3.63) is 53.7 Å². The Morgan fingerprint density at radius 2 is 1.57 bits per heavy atom. The molecule has 3 rings (SSSR count). The zero-order chi connectivity index (χ0) is 20.7. The van der Waals surface area contributed by atoms with Crippen molar-refractivity contribution in [3.63, 3.8) is 0 Å². The van der Waals surface area contributed by atoms with Crippen LogP contribution < -0.4 is 9.62 Å². The molecule has 1 aromatic heterocycles. The Morgan fingerprint density at radius 1 is 0.964 bits per heavy atom. The first-order valence-corrected chi connectivity index (χ1v) is 9.33. The molecule has 1 fully saturated rings. The Morgan fingerprint density at radius 3 is 2.11 bits per heavy atom. The van der Waals surface area contributed by atoms with Gasteiger partial charge in [-0.3, -0.25) is 0 Å². The first-order chi connectivity index (χ1) is 12.9. The maximum absolute atomic E-state index is 13.0. The van der Waals surface area contributed by atoms with Gasteiger partial charge in [-0.1, -0.05) is 0 Å². The highest BCUT2D eigenvalue weighted by Crippen LogP contribution is 2.34. The molecule has 5 nitrogen and oxygen atoms in total. The van der Waals surface area contributed by atoms with Crippen molar-refractivity contribution in [1.82, 2.24) is 9.71 Å². The van der Waals surface area contributed by atoms with E-state index in [9.17, 15) is 34.8 Å². The number of pyridine rings is 1. The van der Waals surface area contributed by atoms with Gasteiger partial charge in [-0.2, -0.15) is 26.3 Å². The van der Waals surface area contributed by atoms with Crippen LogP contribution in [0.5, 0.6) is 0 Å². The number of aromatic nitrogens is 1. The third-order valence-corrected chi connectivity index (χ3v) is 5.57. The minimum Gasteiger partial charge on any atom is -0.368 e. The van der Waals surface area contributed by atoms with E-state index in [1.54, 1.807) is 4.90 Å². The summed E-state index contributed by atoms with van der Waals surface area (Å²) in [6, 6.07) is 5.19. The van der Waals surface area contributed by atoms with Crippen LogP contribution in [-0.4, -0.2) is 32.5 Å². The minimum absolute atomic E-state index is 0.0960. The smallest absolute Gasteiger partial charge is 0.368 e. The van der Waals surface area contributed by atoms with Gasteiger partial charge >= 0.3 is 12.4 Å². The predicted octanol–water partition coefficient (Wildman–Crippen LogP) is 3.29. The molecule has 1 N–H and O–H groups in total. The fraction of sp³-hybridized carbons (Fsp3) is 0.312. The van der Waals surface area contributed by atoms with E-state index in [4.69, 9.17) is 0 Å². The van der Waals surface area contributed by atoms with Gasteiger partial charge in [0, 0.05) is 25.0 Å². The van der Waals surface area contributed by atoms with E-state index in [2.05, 4.69) is 9.71 Å². The van der Waals surface area contributed by atoms with Crippen LogP contribution in [0.1, 0.15) is 11.1 Å². The first kappa shape index (κ1) is 20.4. The highest BCUT2D eigenvalue weighted by atomic mass is 32.2. The summed E-state index contributed by atoms with van der Waals surface area (Å²) in [5.41, 5.74) is -1.75. The molecule has 0 spiro atoms. The molecule has 0 bridgehead atoms. The SMILES string of the molecule is O=S(=O)(NC1CN(c2ccc(C(F)(F)F)cc2)C1)c1ncccc1C(F)(F)F. The lowest BCUT2D eigenvalue weighted by Crippen LogP contribution is -2.59. The molecule has 0 aliphatic carbocycles. The number of rotatable bonds is 4. The van der Waals surface area contributed by atoms with Gasteiger partial charge in [0.05, 0.1) is 17.2 Å². The molecule has 0 amide bonds. The lowest BCUT2D eigenvalue weighted by Gasteiger charge is -2.41. The number of alkyl halides is 6. The van der Waals surface area contributed by atoms with Crippen LogP contribution in [0, 0.1) is 0 Å². The number of nitrogens with zero attached hydrogens (tertiary/aromatic N) is 2. The Kier molecular flexibility index (Phi) is 5.04. The molecule has 12 heteroatoms. The van der Waals surface area contributed by atoms with E-state index in [0.717, 1.165) is 24.4 Å². The van der Waals surface area contributed by atoms with Crippen molar-refractivity contribution in [2.75, 3.05) is 18.0 Å². The molecule has 152 valence electrons. The Bertz CT molecular complexity index is 952. The second-order valence-electron chi connectivity index (χ2n) is 6.12. The van der Waals surface area contributed by atoms with E-state index in [-0.39, 0.29) is 13.1 Å². The number of anilines is 1. The summed E-state index contributed by atoms with van der Waals surface area (Å²) in [4.78, 5) is 4.94. The number of hydrogen-bond acceptors (Lipinski definition) is 4. The van der Waals surface area contributed by atoms with Gasteiger partial charge in [-0.25, -0.2) is 18.1 Å². The lowest BCUT2D eigenvalue weighted by atomic mass is 10.1. The molecule has 1 aliphatic heterocycles. The predicted molar refractivity (Wildman–Crippen MR) is 87.0 cm³/mol. The van der Waals surface area contributed by atoms with E-state index in [1.807, 2.05) is 0 Å². The highest BCUT2D eigenvalue weighted by Gasteiger charge is 2.40. The van der Waals surface area contributed by atoms with Gasteiger partial charge in [-0.05, 0) is 36.4 Å². The zero-order valence-electron chi connectivity index (χ0n) is 13.9. The van der Waals surface area contributed by atoms with Crippen LogP contribution in [0.2, 0.25) is 0 Å². The van der Waals surface area contributed by atoms with Crippen molar-refractivity contribution in [2.45, 2.75) is 23.4 Å². The molecule has 2 heterocycles. The van der Waals surface area contributed by atoms with E-state index in [0.29, 0.717) is 11.8 Å². The molecule has 0 atom stereocenters. The standard InChI is InChI=1S/C16H13F6N3O2S/c17-15(18,19)10-3-5-12(6-4-10)25-8-11(9-25)24-28(26,27)14-13(16(20,21)22)2-1-7-23-14/h1-7,11,24H,8-9H2. The average molecular weight is 425 g/mol. The van der Waals surface area contributed by atoms with Crippen LogP contribution in [0.4, 0.5) is 32.0 Å². The van der Waals surface area contributed by atoms with Crippen LogP contribution in [0.3, 0.4) is 0 Å². The second-order valence-corrected chi connectivity index (χ2v) is 7.75. The molecule has 0 unspecified atom stereocenters. The molecular weight excluding hydrogens is 412 g/mol. The van der Waals surface area contributed by atoms with Crippen molar-refractivity contribution >= 4 is 15.7 Å². The number of halogens is 6. The average Bonchev–Trinajstić information content (AvgIpc) is 2.56. The van der Waals surface area contributed by atoms with Crippen molar-refractivity contribution < 1.29 is 34.8 Å². The fourth-order valence-electron chi connectivity index (χ4n) is 2.72. The van der Waals surface area contributed by atoms with Gasteiger partial charge in [-0.15, -0.1) is 0 Å². The largest absolute Gasteiger partial charge is 0.419 e. The Hall–Kier alpha value is -2.34. The third kappa shape index (κ3) is 4.22. The fourth-order valence-corrected chi connectivity index (χ4v) is 4.09. The molecule has 28 heavy (non-hydrogen) atoms. The Labute approximate surface area is 156 Å². The Balaban J connectivity index is 1.68. The van der Waals surface area contributed by atoms with Crippen LogP contribution in [0.15, 0.2) is 47.6 Å². The van der Waals surface area contributed by atoms with Crippen LogP contribution >= 0.6 is 0 Å². The van der Waals surface area contributed by atoms with Crippen molar-refractivity contribution in [1.29, 1.82) is 0 Å². The van der Waals surface area contributed by atoms with Crippen LogP contribution in [0.25, 0.3) is 0 Å². The summed E-state index contributed by atoms with van der Waals surface area (Å²) in [6.07, 6.45) is -8.41. The van der Waals surface area contributed by atoms with E-state index >= 15 is 0 Å². The molecule has 2 aromatic rings. The topological polar surface area (TPSA) is 62.3 Å². The molecule has 1 saturated heterocycles. The molecule has 1 aliphatic rings. The summed E-state index contributed by atoms with van der Waals surface area (Å²) in [5, 5.41) is -1.12. The van der Waals surface area contributed by atoms with E-state index < -0.39 is 44.6 Å². The van der Waals surface area contributed by atoms with Gasteiger partial charge < -0.3 is 4.90 Å². The highest BCUT2D eigenvalue weighted by molar-refractivity contribution is 7.89. The minimum atomic E-state index is -4.88. The number of nitrogens with one attached hydrogen (secondary N) is 1. The normalized spacial score (nSPS) is 16.1. The number of hydrogen-bond donors (Lipinski definition) is 1. The number of sulfonamides is 1. The van der Waals surface area contributed by atoms with Crippen molar-refractivity contribution in [3.8, 4) is 0 Å². The number of benzene rings is 1. The van der Waals surface area contributed by atoms with E-state index in [1.165, 1.54) is 12.1 Å².